The quantitative estimate of drug-likeness (QED) is 0.806. The van der Waals surface area contributed by atoms with E-state index in [0.29, 0.717) is 5.75 Å². The van der Waals surface area contributed by atoms with Crippen LogP contribution in [0, 0.1) is 0 Å². The Labute approximate surface area is 110 Å². The molecule has 0 radical (unpaired) electrons. The monoisotopic (exact) mass is 290 g/mol. The Morgan fingerprint density at radius 3 is 2.21 bits per heavy atom. The van der Waals surface area contributed by atoms with Crippen LogP contribution in [0.3, 0.4) is 0 Å². The summed E-state index contributed by atoms with van der Waals surface area (Å²) in [5.74, 6) is 0.148. The lowest BCUT2D eigenvalue weighted by atomic mass is 10.3. The Kier molecular flexibility index (Phi) is 3.75. The van der Waals surface area contributed by atoms with Gasteiger partial charge in [0.05, 0.1) is 0 Å². The van der Waals surface area contributed by atoms with E-state index in [0.717, 1.165) is 12.1 Å². The molecule has 0 atom stereocenters. The molecule has 1 aromatic carbocycles. The molecule has 0 spiro atoms. The zero-order valence-corrected chi connectivity index (χ0v) is 9.94. The highest BCUT2D eigenvalue weighted by atomic mass is 35.5. The van der Waals surface area contributed by atoms with Crippen molar-refractivity contribution in [1.82, 2.24) is 9.97 Å². The van der Waals surface area contributed by atoms with Crippen molar-refractivity contribution in [2.45, 2.75) is 6.36 Å². The molecule has 2 aromatic rings. The first kappa shape index (κ1) is 13.4. The smallest absolute Gasteiger partial charge is 0.439 e. The fraction of sp³-hybridized carbons (Fsp3) is 0.0909. The van der Waals surface area contributed by atoms with E-state index in [-0.39, 0.29) is 16.9 Å². The van der Waals surface area contributed by atoms with Crippen LogP contribution in [-0.4, -0.2) is 16.3 Å². The number of hydrogen-bond acceptors (Lipinski definition) is 4. The van der Waals surface area contributed by atoms with Gasteiger partial charge in [0.15, 0.2) is 0 Å². The van der Waals surface area contributed by atoms with E-state index in [1.807, 2.05) is 0 Å². The van der Waals surface area contributed by atoms with Crippen LogP contribution >= 0.6 is 11.6 Å². The third-order valence-corrected chi connectivity index (χ3v) is 2.06. The van der Waals surface area contributed by atoms with Gasteiger partial charge in [0.1, 0.15) is 11.5 Å². The highest BCUT2D eigenvalue weighted by Crippen LogP contribution is 2.26. The predicted octanol–water partition coefficient (Wildman–Crippen LogP) is 3.82. The van der Waals surface area contributed by atoms with Gasteiger partial charge in [0, 0.05) is 12.3 Å². The van der Waals surface area contributed by atoms with Crippen LogP contribution in [0.5, 0.6) is 17.4 Å². The van der Waals surface area contributed by atoms with Gasteiger partial charge in [-0.1, -0.05) is 0 Å². The lowest BCUT2D eigenvalue weighted by Crippen LogP contribution is -2.16. The third kappa shape index (κ3) is 4.29. The molecule has 0 fully saturated rings. The molecule has 1 heterocycles. The van der Waals surface area contributed by atoms with Crippen LogP contribution < -0.4 is 9.47 Å². The van der Waals surface area contributed by atoms with Gasteiger partial charge >= 0.3 is 6.36 Å². The van der Waals surface area contributed by atoms with E-state index < -0.39 is 6.36 Å². The molecule has 0 N–H and O–H groups in total. The van der Waals surface area contributed by atoms with Crippen LogP contribution in [0.4, 0.5) is 13.2 Å². The number of rotatable bonds is 3. The fourth-order valence-electron chi connectivity index (χ4n) is 1.21. The maximum atomic E-state index is 11.9. The van der Waals surface area contributed by atoms with E-state index in [1.54, 1.807) is 0 Å². The number of aromatic nitrogens is 2. The molecule has 4 nitrogen and oxygen atoms in total. The van der Waals surface area contributed by atoms with Gasteiger partial charge in [0.2, 0.25) is 11.2 Å². The molecule has 100 valence electrons. The molecule has 19 heavy (non-hydrogen) atoms. The standard InChI is InChI=1S/C11H6ClF3N2O2/c12-10-16-6-5-9(17-10)18-7-1-3-8(4-2-7)19-11(13,14)15/h1-6H. The second kappa shape index (κ2) is 5.31. The van der Waals surface area contributed by atoms with Gasteiger partial charge < -0.3 is 9.47 Å². The maximum absolute atomic E-state index is 11.9. The van der Waals surface area contributed by atoms with Crippen molar-refractivity contribution in [2.24, 2.45) is 0 Å². The molecule has 0 bridgehead atoms. The molecule has 0 aliphatic rings. The van der Waals surface area contributed by atoms with E-state index in [4.69, 9.17) is 16.3 Å². The first-order valence-corrected chi connectivity index (χ1v) is 5.32. The number of alkyl halides is 3. The summed E-state index contributed by atoms with van der Waals surface area (Å²) in [5, 5.41) is 0.00882. The van der Waals surface area contributed by atoms with Crippen molar-refractivity contribution < 1.29 is 22.6 Å². The average molecular weight is 291 g/mol. The largest absolute Gasteiger partial charge is 0.573 e. The molecule has 0 unspecified atom stereocenters. The molecule has 0 aliphatic heterocycles. The molecule has 8 heteroatoms. The van der Waals surface area contributed by atoms with E-state index in [2.05, 4.69) is 14.7 Å². The summed E-state index contributed by atoms with van der Waals surface area (Å²) < 4.78 is 44.8. The van der Waals surface area contributed by atoms with Crippen molar-refractivity contribution in [3.8, 4) is 17.4 Å². The van der Waals surface area contributed by atoms with E-state index in [9.17, 15) is 13.2 Å². The Morgan fingerprint density at radius 1 is 1.00 bits per heavy atom. The number of halogens is 4. The lowest BCUT2D eigenvalue weighted by molar-refractivity contribution is -0.274. The highest BCUT2D eigenvalue weighted by Gasteiger charge is 2.30. The Bertz CT molecular complexity index is 561. The fourth-order valence-corrected chi connectivity index (χ4v) is 1.35. The zero-order valence-electron chi connectivity index (χ0n) is 9.19. The van der Waals surface area contributed by atoms with Crippen molar-refractivity contribution >= 4 is 11.6 Å². The molecule has 0 saturated heterocycles. The number of ether oxygens (including phenoxy) is 2. The van der Waals surface area contributed by atoms with Crippen LogP contribution in [0.25, 0.3) is 0 Å². The van der Waals surface area contributed by atoms with Crippen molar-refractivity contribution in [3.63, 3.8) is 0 Å². The number of hydrogen-bond donors (Lipinski definition) is 0. The van der Waals surface area contributed by atoms with Gasteiger partial charge in [0.25, 0.3) is 0 Å². The van der Waals surface area contributed by atoms with Gasteiger partial charge in [-0.15, -0.1) is 13.2 Å². The second-order valence-corrected chi connectivity index (χ2v) is 3.62. The van der Waals surface area contributed by atoms with Crippen molar-refractivity contribution in [1.29, 1.82) is 0 Å². The van der Waals surface area contributed by atoms with Gasteiger partial charge in [-0.25, -0.2) is 4.98 Å². The third-order valence-electron chi connectivity index (χ3n) is 1.88. The first-order valence-electron chi connectivity index (χ1n) is 4.94. The van der Waals surface area contributed by atoms with Crippen LogP contribution in [-0.2, 0) is 0 Å². The Hall–Kier alpha value is -2.02. The Morgan fingerprint density at radius 2 is 1.63 bits per heavy atom. The highest BCUT2D eigenvalue weighted by molar-refractivity contribution is 6.28. The minimum atomic E-state index is -4.72. The molecular weight excluding hydrogens is 285 g/mol. The zero-order chi connectivity index (χ0) is 13.9. The predicted molar refractivity (Wildman–Crippen MR) is 60.2 cm³/mol. The summed E-state index contributed by atoms with van der Waals surface area (Å²) >= 11 is 5.56. The SMILES string of the molecule is FC(F)(F)Oc1ccc(Oc2ccnc(Cl)n2)cc1. The summed E-state index contributed by atoms with van der Waals surface area (Å²) in [6.07, 6.45) is -3.33. The molecule has 1 aromatic heterocycles. The normalized spacial score (nSPS) is 11.2. The van der Waals surface area contributed by atoms with Crippen molar-refractivity contribution in [3.05, 3.63) is 41.8 Å². The first-order chi connectivity index (χ1) is 8.92. The minimum absolute atomic E-state index is 0.00882. The summed E-state index contributed by atoms with van der Waals surface area (Å²) in [4.78, 5) is 7.44. The van der Waals surface area contributed by atoms with Crippen LogP contribution in [0.15, 0.2) is 36.5 Å². The van der Waals surface area contributed by atoms with Gasteiger partial charge in [-0.3, -0.25) is 0 Å². The topological polar surface area (TPSA) is 44.2 Å². The van der Waals surface area contributed by atoms with Crippen LogP contribution in [0.1, 0.15) is 0 Å². The number of benzene rings is 1. The average Bonchev–Trinajstić information content (AvgIpc) is 2.30. The van der Waals surface area contributed by atoms with Gasteiger partial charge in [-0.2, -0.15) is 4.98 Å². The van der Waals surface area contributed by atoms with Crippen LogP contribution in [0.2, 0.25) is 5.28 Å². The molecule has 0 saturated carbocycles. The molecule has 2 rings (SSSR count). The minimum Gasteiger partial charge on any atom is -0.439 e. The molecule has 0 aliphatic carbocycles. The Balaban J connectivity index is 2.07. The molecule has 0 amide bonds. The summed E-state index contributed by atoms with van der Waals surface area (Å²) in [6.45, 7) is 0. The summed E-state index contributed by atoms with van der Waals surface area (Å²) in [5.41, 5.74) is 0. The lowest BCUT2D eigenvalue weighted by Gasteiger charge is -2.09. The van der Waals surface area contributed by atoms with Gasteiger partial charge in [-0.05, 0) is 35.9 Å². The summed E-state index contributed by atoms with van der Waals surface area (Å²) in [7, 11) is 0. The molecular formula is C11H6ClF3N2O2. The van der Waals surface area contributed by atoms with E-state index >= 15 is 0 Å². The van der Waals surface area contributed by atoms with E-state index in [1.165, 1.54) is 24.4 Å². The maximum Gasteiger partial charge on any atom is 0.573 e. The summed E-state index contributed by atoms with van der Waals surface area (Å²) in [6, 6.07) is 6.36. The number of nitrogens with zero attached hydrogens (tertiary/aromatic N) is 2. The van der Waals surface area contributed by atoms with Crippen molar-refractivity contribution in [2.75, 3.05) is 0 Å². The second-order valence-electron chi connectivity index (χ2n) is 3.29.